The molecule has 7 heteroatoms. The molecule has 0 unspecified atom stereocenters. The Bertz CT molecular complexity index is 563. The van der Waals surface area contributed by atoms with Crippen molar-refractivity contribution in [3.05, 3.63) is 10.6 Å². The molecule has 2 heterocycles. The van der Waals surface area contributed by atoms with E-state index in [4.69, 9.17) is 0 Å². The molecule has 0 radical (unpaired) electrons. The van der Waals surface area contributed by atoms with Crippen LogP contribution in [-0.2, 0) is 21.1 Å². The molecule has 1 aliphatic heterocycles. The predicted molar refractivity (Wildman–Crippen MR) is 71.6 cm³/mol. The fraction of sp³-hybridized carbons (Fsp3) is 0.636. The molecule has 2 rings (SSSR count). The maximum atomic E-state index is 11.9. The number of sulfone groups is 1. The van der Waals surface area contributed by atoms with Crippen molar-refractivity contribution < 1.29 is 13.2 Å². The van der Waals surface area contributed by atoms with E-state index in [0.717, 1.165) is 17.0 Å². The van der Waals surface area contributed by atoms with Crippen LogP contribution in [0.1, 0.15) is 23.9 Å². The van der Waals surface area contributed by atoms with Crippen molar-refractivity contribution in [2.45, 2.75) is 26.7 Å². The second-order valence-electron chi connectivity index (χ2n) is 4.46. The summed E-state index contributed by atoms with van der Waals surface area (Å²) < 4.78 is 22.6. The number of thiazole rings is 1. The van der Waals surface area contributed by atoms with E-state index in [0.29, 0.717) is 11.6 Å². The summed E-state index contributed by atoms with van der Waals surface area (Å²) in [5, 5.41) is 3.29. The quantitative estimate of drug-likeness (QED) is 0.912. The molecule has 5 nitrogen and oxygen atoms in total. The number of rotatable bonds is 3. The highest BCUT2D eigenvalue weighted by Crippen LogP contribution is 2.25. The number of amides is 1. The minimum absolute atomic E-state index is 0.0379. The molecule has 0 spiro atoms. The first-order valence-corrected chi connectivity index (χ1v) is 8.52. The Kier molecular flexibility index (Phi) is 3.72. The Morgan fingerprint density at radius 3 is 2.78 bits per heavy atom. The fourth-order valence-electron chi connectivity index (χ4n) is 2.02. The van der Waals surface area contributed by atoms with Crippen molar-refractivity contribution in [3.63, 3.8) is 0 Å². The minimum Gasteiger partial charge on any atom is -0.302 e. The largest absolute Gasteiger partial charge is 0.302 e. The van der Waals surface area contributed by atoms with E-state index >= 15 is 0 Å². The van der Waals surface area contributed by atoms with Gasteiger partial charge in [0.1, 0.15) is 0 Å². The van der Waals surface area contributed by atoms with Crippen LogP contribution in [0, 0.1) is 12.8 Å². The third-order valence-electron chi connectivity index (χ3n) is 3.06. The first-order valence-electron chi connectivity index (χ1n) is 5.89. The summed E-state index contributed by atoms with van der Waals surface area (Å²) in [6, 6.07) is 0. The van der Waals surface area contributed by atoms with Gasteiger partial charge in [0.05, 0.1) is 23.1 Å². The number of hydrogen-bond donors (Lipinski definition) is 1. The molecule has 1 aromatic rings. The Hall–Kier alpha value is -0.950. The number of carbonyl (C=O) groups excluding carboxylic acids is 1. The summed E-state index contributed by atoms with van der Waals surface area (Å²) in [4.78, 5) is 17.3. The SMILES string of the molecule is CCc1nc(NC(=O)[C@@H]2CCS(=O)(=O)C2)sc1C. The maximum absolute atomic E-state index is 11.9. The summed E-state index contributed by atoms with van der Waals surface area (Å²) in [6.45, 7) is 3.98. The van der Waals surface area contributed by atoms with Gasteiger partial charge in [-0.05, 0) is 19.8 Å². The summed E-state index contributed by atoms with van der Waals surface area (Å²) in [5.41, 5.74) is 0.981. The number of nitrogens with one attached hydrogen (secondary N) is 1. The number of aryl methyl sites for hydroxylation is 2. The number of carbonyl (C=O) groups is 1. The predicted octanol–water partition coefficient (Wildman–Crippen LogP) is 1.39. The Labute approximate surface area is 111 Å². The normalized spacial score (nSPS) is 22.0. The molecule has 0 aromatic carbocycles. The van der Waals surface area contributed by atoms with Gasteiger partial charge in [0, 0.05) is 4.88 Å². The fourth-order valence-corrected chi connectivity index (χ4v) is 4.67. The number of aromatic nitrogens is 1. The molecule has 1 saturated heterocycles. The molecule has 1 atom stereocenters. The summed E-state index contributed by atoms with van der Waals surface area (Å²) in [7, 11) is -3.02. The molecule has 0 bridgehead atoms. The van der Waals surface area contributed by atoms with Gasteiger partial charge in [0.15, 0.2) is 15.0 Å². The van der Waals surface area contributed by atoms with Crippen LogP contribution in [-0.4, -0.2) is 30.8 Å². The summed E-state index contributed by atoms with van der Waals surface area (Å²) in [5.74, 6) is -0.580. The van der Waals surface area contributed by atoms with Gasteiger partial charge in [0.2, 0.25) is 5.91 Å². The monoisotopic (exact) mass is 288 g/mol. The summed E-state index contributed by atoms with van der Waals surface area (Å²) in [6.07, 6.45) is 1.25. The number of hydrogen-bond acceptors (Lipinski definition) is 5. The Balaban J connectivity index is 2.03. The maximum Gasteiger partial charge on any atom is 0.230 e. The van der Waals surface area contributed by atoms with E-state index in [1.807, 2.05) is 13.8 Å². The molecular weight excluding hydrogens is 272 g/mol. The third-order valence-corrected chi connectivity index (χ3v) is 5.76. The van der Waals surface area contributed by atoms with E-state index in [1.165, 1.54) is 11.3 Å². The van der Waals surface area contributed by atoms with Crippen LogP contribution in [0.25, 0.3) is 0 Å². The lowest BCUT2D eigenvalue weighted by atomic mass is 10.1. The van der Waals surface area contributed by atoms with Crippen LogP contribution in [0.15, 0.2) is 0 Å². The van der Waals surface area contributed by atoms with Gasteiger partial charge in [-0.2, -0.15) is 0 Å². The highest BCUT2D eigenvalue weighted by atomic mass is 32.2. The van der Waals surface area contributed by atoms with Crippen LogP contribution in [0.3, 0.4) is 0 Å². The molecule has 100 valence electrons. The lowest BCUT2D eigenvalue weighted by Crippen LogP contribution is -2.23. The zero-order valence-corrected chi connectivity index (χ0v) is 12.0. The van der Waals surface area contributed by atoms with Crippen molar-refractivity contribution in [1.82, 2.24) is 4.98 Å². The van der Waals surface area contributed by atoms with Gasteiger partial charge in [-0.25, -0.2) is 13.4 Å². The zero-order valence-electron chi connectivity index (χ0n) is 10.4. The van der Waals surface area contributed by atoms with Gasteiger partial charge >= 0.3 is 0 Å². The van der Waals surface area contributed by atoms with Gasteiger partial charge in [-0.3, -0.25) is 4.79 Å². The molecule has 1 N–H and O–H groups in total. The zero-order chi connectivity index (χ0) is 13.3. The minimum atomic E-state index is -3.02. The second kappa shape index (κ2) is 4.97. The van der Waals surface area contributed by atoms with E-state index in [2.05, 4.69) is 10.3 Å². The van der Waals surface area contributed by atoms with Crippen LogP contribution < -0.4 is 5.32 Å². The summed E-state index contributed by atoms with van der Waals surface area (Å²) >= 11 is 1.43. The highest BCUT2D eigenvalue weighted by Gasteiger charge is 2.33. The van der Waals surface area contributed by atoms with Crippen LogP contribution >= 0.6 is 11.3 Å². The molecule has 1 aromatic heterocycles. The first kappa shape index (κ1) is 13.5. The number of nitrogens with zero attached hydrogens (tertiary/aromatic N) is 1. The topological polar surface area (TPSA) is 76.1 Å². The molecule has 18 heavy (non-hydrogen) atoms. The lowest BCUT2D eigenvalue weighted by molar-refractivity contribution is -0.119. The standard InChI is InChI=1S/C11H16N2O3S2/c1-3-9-7(2)17-11(12-9)13-10(14)8-4-5-18(15,16)6-8/h8H,3-6H2,1-2H3,(H,12,13,14)/t8-/m1/s1. The van der Waals surface area contributed by atoms with Crippen molar-refractivity contribution >= 4 is 32.2 Å². The first-order chi connectivity index (χ1) is 8.41. The van der Waals surface area contributed by atoms with E-state index < -0.39 is 15.8 Å². The van der Waals surface area contributed by atoms with Crippen LogP contribution in [0.5, 0.6) is 0 Å². The molecule has 0 aliphatic carbocycles. The third kappa shape index (κ3) is 2.89. The van der Waals surface area contributed by atoms with Crippen molar-refractivity contribution in [3.8, 4) is 0 Å². The molecule has 0 saturated carbocycles. The van der Waals surface area contributed by atoms with E-state index in [9.17, 15) is 13.2 Å². The van der Waals surface area contributed by atoms with Crippen molar-refractivity contribution in [2.24, 2.45) is 5.92 Å². The van der Waals surface area contributed by atoms with Crippen molar-refractivity contribution in [1.29, 1.82) is 0 Å². The highest BCUT2D eigenvalue weighted by molar-refractivity contribution is 7.91. The van der Waals surface area contributed by atoms with Crippen LogP contribution in [0.4, 0.5) is 5.13 Å². The number of anilines is 1. The lowest BCUT2D eigenvalue weighted by Gasteiger charge is -2.06. The van der Waals surface area contributed by atoms with Gasteiger partial charge < -0.3 is 5.32 Å². The van der Waals surface area contributed by atoms with Gasteiger partial charge in [-0.15, -0.1) is 11.3 Å². The van der Waals surface area contributed by atoms with Gasteiger partial charge in [-0.1, -0.05) is 6.92 Å². The van der Waals surface area contributed by atoms with Crippen LogP contribution in [0.2, 0.25) is 0 Å². The average Bonchev–Trinajstić information content (AvgIpc) is 2.81. The average molecular weight is 288 g/mol. The van der Waals surface area contributed by atoms with Gasteiger partial charge in [0.25, 0.3) is 0 Å². The molecular formula is C11H16N2O3S2. The molecule has 1 fully saturated rings. The van der Waals surface area contributed by atoms with Crippen molar-refractivity contribution in [2.75, 3.05) is 16.8 Å². The van der Waals surface area contributed by atoms with E-state index in [1.54, 1.807) is 0 Å². The Morgan fingerprint density at radius 2 is 2.28 bits per heavy atom. The second-order valence-corrected chi connectivity index (χ2v) is 7.90. The molecule has 1 amide bonds. The molecule has 1 aliphatic rings. The Morgan fingerprint density at radius 1 is 1.56 bits per heavy atom. The smallest absolute Gasteiger partial charge is 0.230 e. The van der Waals surface area contributed by atoms with E-state index in [-0.39, 0.29) is 17.4 Å².